The van der Waals surface area contributed by atoms with E-state index < -0.39 is 4.92 Å². The molecule has 0 saturated carbocycles. The fourth-order valence-electron chi connectivity index (χ4n) is 1.98. The van der Waals surface area contributed by atoms with Crippen LogP contribution in [-0.2, 0) is 7.05 Å². The molecule has 0 aliphatic heterocycles. The Morgan fingerprint density at radius 2 is 1.74 bits per heavy atom. The smallest absolute Gasteiger partial charge is 0.270 e. The Kier molecular flexibility index (Phi) is 3.90. The summed E-state index contributed by atoms with van der Waals surface area (Å²) in [5, 5.41) is 10.7. The maximum atomic E-state index is 12.3. The van der Waals surface area contributed by atoms with Gasteiger partial charge in [-0.15, -0.1) is 0 Å². The molecule has 0 radical (unpaired) electrons. The first-order chi connectivity index (χ1) is 11.1. The molecule has 0 spiro atoms. The Bertz CT molecular complexity index is 968. The number of benzene rings is 2. The van der Waals surface area contributed by atoms with Crippen LogP contribution < -0.4 is 10.5 Å². The third-order valence-electron chi connectivity index (χ3n) is 3.20. The molecule has 116 valence electrons. The lowest BCUT2D eigenvalue weighted by Gasteiger charge is -1.98. The lowest BCUT2D eigenvalue weighted by molar-refractivity contribution is -0.384. The maximum absolute atomic E-state index is 12.3. The van der Waals surface area contributed by atoms with Gasteiger partial charge in [-0.3, -0.25) is 14.7 Å². The summed E-state index contributed by atoms with van der Waals surface area (Å²) in [7, 11) is 1.64. The minimum Gasteiger partial charge on any atom is -0.270 e. The Labute approximate surface area is 134 Å². The SMILES string of the molecule is Cn1c(=Nc2ccccc2)sn(-c2ccc([N+](=O)[O-])cc2)c1=O. The number of nitrogens with zero attached hydrogens (tertiary/aromatic N) is 4. The monoisotopic (exact) mass is 328 g/mol. The molecule has 0 aliphatic rings. The number of rotatable bonds is 3. The summed E-state index contributed by atoms with van der Waals surface area (Å²) in [6.45, 7) is 0. The molecule has 7 nitrogen and oxygen atoms in total. The highest BCUT2D eigenvalue weighted by atomic mass is 32.1. The largest absolute Gasteiger partial charge is 0.344 e. The summed E-state index contributed by atoms with van der Waals surface area (Å²) in [4.78, 5) is 27.6. The average Bonchev–Trinajstić information content (AvgIpc) is 2.84. The second-order valence-corrected chi connectivity index (χ2v) is 5.64. The molecule has 1 heterocycles. The van der Waals surface area contributed by atoms with Gasteiger partial charge in [0.15, 0.2) is 0 Å². The molecule has 2 aromatic carbocycles. The first kappa shape index (κ1) is 14.9. The van der Waals surface area contributed by atoms with Crippen LogP contribution in [0, 0.1) is 10.1 Å². The number of nitro groups is 1. The van der Waals surface area contributed by atoms with Crippen molar-refractivity contribution < 1.29 is 4.92 Å². The first-order valence-electron chi connectivity index (χ1n) is 6.70. The van der Waals surface area contributed by atoms with Crippen LogP contribution in [0.25, 0.3) is 5.69 Å². The lowest BCUT2D eigenvalue weighted by Crippen LogP contribution is -2.25. The van der Waals surface area contributed by atoms with Crippen LogP contribution in [0.1, 0.15) is 0 Å². The Balaban J connectivity index is 2.08. The summed E-state index contributed by atoms with van der Waals surface area (Å²) in [6, 6.07) is 15.2. The van der Waals surface area contributed by atoms with E-state index in [1.54, 1.807) is 19.2 Å². The Hall–Kier alpha value is -3.00. The third kappa shape index (κ3) is 2.97. The van der Waals surface area contributed by atoms with Crippen molar-refractivity contribution in [3.63, 3.8) is 0 Å². The van der Waals surface area contributed by atoms with Crippen molar-refractivity contribution in [1.29, 1.82) is 0 Å². The van der Waals surface area contributed by atoms with Crippen molar-refractivity contribution in [2.24, 2.45) is 12.0 Å². The van der Waals surface area contributed by atoms with Crippen molar-refractivity contribution in [3.05, 3.63) is 80.0 Å². The minimum absolute atomic E-state index is 0.0167. The second-order valence-electron chi connectivity index (χ2n) is 4.73. The van der Waals surface area contributed by atoms with E-state index in [0.717, 1.165) is 5.69 Å². The highest BCUT2D eigenvalue weighted by Crippen LogP contribution is 2.15. The van der Waals surface area contributed by atoms with E-state index in [2.05, 4.69) is 4.99 Å². The predicted octanol–water partition coefficient (Wildman–Crippen LogP) is 2.38. The van der Waals surface area contributed by atoms with Crippen molar-refractivity contribution in [3.8, 4) is 5.69 Å². The summed E-state index contributed by atoms with van der Waals surface area (Å²) >= 11 is 1.18. The molecule has 0 saturated heterocycles. The number of para-hydroxylation sites is 1. The van der Waals surface area contributed by atoms with Gasteiger partial charge in [-0.25, -0.2) is 13.7 Å². The van der Waals surface area contributed by atoms with Gasteiger partial charge in [0.1, 0.15) is 0 Å². The Morgan fingerprint density at radius 1 is 1.09 bits per heavy atom. The predicted molar refractivity (Wildman–Crippen MR) is 87.2 cm³/mol. The maximum Gasteiger partial charge on any atom is 0.344 e. The summed E-state index contributed by atoms with van der Waals surface area (Å²) in [6.07, 6.45) is 0. The zero-order valence-corrected chi connectivity index (χ0v) is 12.9. The molecule has 0 amide bonds. The van der Waals surface area contributed by atoms with Gasteiger partial charge in [0, 0.05) is 19.2 Å². The minimum atomic E-state index is -0.475. The van der Waals surface area contributed by atoms with Gasteiger partial charge in [0.05, 0.1) is 16.3 Å². The molecule has 0 unspecified atom stereocenters. The van der Waals surface area contributed by atoms with Crippen LogP contribution in [0.15, 0.2) is 64.4 Å². The Morgan fingerprint density at radius 3 is 2.35 bits per heavy atom. The normalized spacial score (nSPS) is 11.6. The van der Waals surface area contributed by atoms with Gasteiger partial charge < -0.3 is 0 Å². The summed E-state index contributed by atoms with van der Waals surface area (Å²) in [5.74, 6) is 0. The fourth-order valence-corrected chi connectivity index (χ4v) is 2.92. The standard InChI is InChI=1S/C15H12N4O3S/c1-17-14(16-11-5-3-2-4-6-11)23-18(15(17)20)12-7-9-13(10-8-12)19(21)22/h2-10H,1H3. The van der Waals surface area contributed by atoms with Crippen molar-refractivity contribution in [1.82, 2.24) is 8.52 Å². The quantitative estimate of drug-likeness (QED) is 0.547. The summed E-state index contributed by atoms with van der Waals surface area (Å²) < 4.78 is 2.89. The molecule has 3 rings (SSSR count). The van der Waals surface area contributed by atoms with Gasteiger partial charge in [-0.1, -0.05) is 18.2 Å². The average molecular weight is 328 g/mol. The van der Waals surface area contributed by atoms with E-state index in [9.17, 15) is 14.9 Å². The van der Waals surface area contributed by atoms with Crippen LogP contribution in [-0.4, -0.2) is 13.4 Å². The molecule has 3 aromatic rings. The number of non-ortho nitro benzene ring substituents is 1. The number of hydrogen-bond acceptors (Lipinski definition) is 5. The van der Waals surface area contributed by atoms with Gasteiger partial charge in [-0.05, 0) is 35.8 Å². The van der Waals surface area contributed by atoms with Crippen LogP contribution in [0.2, 0.25) is 0 Å². The van der Waals surface area contributed by atoms with E-state index in [1.807, 2.05) is 30.3 Å². The van der Waals surface area contributed by atoms with E-state index in [4.69, 9.17) is 0 Å². The van der Waals surface area contributed by atoms with E-state index in [-0.39, 0.29) is 11.4 Å². The highest BCUT2D eigenvalue weighted by molar-refractivity contribution is 7.03. The van der Waals surface area contributed by atoms with Crippen molar-refractivity contribution in [2.45, 2.75) is 0 Å². The van der Waals surface area contributed by atoms with Crippen LogP contribution in [0.5, 0.6) is 0 Å². The van der Waals surface area contributed by atoms with Crippen LogP contribution in [0.4, 0.5) is 11.4 Å². The van der Waals surface area contributed by atoms with Gasteiger partial charge in [-0.2, -0.15) is 0 Å². The fraction of sp³-hybridized carbons (Fsp3) is 0.0667. The highest BCUT2D eigenvalue weighted by Gasteiger charge is 2.10. The molecular weight excluding hydrogens is 316 g/mol. The van der Waals surface area contributed by atoms with E-state index in [0.29, 0.717) is 10.5 Å². The summed E-state index contributed by atoms with van der Waals surface area (Å²) in [5.41, 5.74) is 1.05. The number of nitro benzene ring substituents is 1. The van der Waals surface area contributed by atoms with Crippen LogP contribution in [0.3, 0.4) is 0 Å². The number of aromatic nitrogens is 2. The molecule has 23 heavy (non-hydrogen) atoms. The van der Waals surface area contributed by atoms with Crippen molar-refractivity contribution >= 4 is 22.9 Å². The van der Waals surface area contributed by atoms with Gasteiger partial charge in [0.2, 0.25) is 4.80 Å². The molecular formula is C15H12N4O3S. The van der Waals surface area contributed by atoms with Gasteiger partial charge >= 0.3 is 5.69 Å². The van der Waals surface area contributed by atoms with E-state index >= 15 is 0 Å². The molecule has 0 aliphatic carbocycles. The lowest BCUT2D eigenvalue weighted by atomic mass is 10.3. The van der Waals surface area contributed by atoms with E-state index in [1.165, 1.54) is 32.2 Å². The molecule has 0 fully saturated rings. The number of hydrogen-bond donors (Lipinski definition) is 0. The molecule has 0 atom stereocenters. The molecule has 0 N–H and O–H groups in total. The van der Waals surface area contributed by atoms with Gasteiger partial charge in [0.25, 0.3) is 5.69 Å². The first-order valence-corrected chi connectivity index (χ1v) is 7.47. The van der Waals surface area contributed by atoms with Crippen LogP contribution >= 0.6 is 11.5 Å². The zero-order valence-electron chi connectivity index (χ0n) is 12.1. The topological polar surface area (TPSA) is 82.4 Å². The molecule has 8 heteroatoms. The zero-order chi connectivity index (χ0) is 16.4. The van der Waals surface area contributed by atoms with Crippen molar-refractivity contribution in [2.75, 3.05) is 0 Å². The molecule has 0 bridgehead atoms. The second kappa shape index (κ2) is 6.01. The molecule has 1 aromatic heterocycles. The third-order valence-corrected chi connectivity index (χ3v) is 4.27.